The number of rotatable bonds is 3. The summed E-state index contributed by atoms with van der Waals surface area (Å²) in [7, 11) is 0. The van der Waals surface area contributed by atoms with Gasteiger partial charge in [0.25, 0.3) is 0 Å². The average Bonchev–Trinajstić information content (AvgIpc) is 3.09. The second kappa shape index (κ2) is 4.57. The van der Waals surface area contributed by atoms with Crippen LogP contribution in [0.25, 0.3) is 0 Å². The SMILES string of the molecule is CCC1CC2C(=O)N(C3(C(=O)O)CCCC3)C(=O)C2C1. The van der Waals surface area contributed by atoms with Crippen LogP contribution in [0.4, 0.5) is 0 Å². The first-order chi connectivity index (χ1) is 9.51. The quantitative estimate of drug-likeness (QED) is 0.799. The number of imide groups is 1. The van der Waals surface area contributed by atoms with Crippen LogP contribution < -0.4 is 0 Å². The predicted octanol–water partition coefficient (Wildman–Crippen LogP) is 1.80. The number of hydrogen-bond donors (Lipinski definition) is 1. The number of carbonyl (C=O) groups is 3. The molecule has 5 nitrogen and oxygen atoms in total. The fourth-order valence-electron chi connectivity index (χ4n) is 4.38. The summed E-state index contributed by atoms with van der Waals surface area (Å²) in [6.07, 6.45) is 4.85. The number of carboxylic acids is 1. The largest absolute Gasteiger partial charge is 0.479 e. The van der Waals surface area contributed by atoms with Crippen LogP contribution in [0, 0.1) is 17.8 Å². The molecule has 3 rings (SSSR count). The van der Waals surface area contributed by atoms with Crippen molar-refractivity contribution in [1.82, 2.24) is 4.90 Å². The van der Waals surface area contributed by atoms with Gasteiger partial charge in [-0.25, -0.2) is 4.79 Å². The third-order valence-corrected chi connectivity index (χ3v) is 5.57. The molecule has 20 heavy (non-hydrogen) atoms. The lowest BCUT2D eigenvalue weighted by atomic mass is 9.94. The lowest BCUT2D eigenvalue weighted by Crippen LogP contribution is -2.56. The van der Waals surface area contributed by atoms with Crippen molar-refractivity contribution >= 4 is 17.8 Å². The van der Waals surface area contributed by atoms with Gasteiger partial charge in [0.1, 0.15) is 5.54 Å². The first-order valence-corrected chi connectivity index (χ1v) is 7.62. The normalized spacial score (nSPS) is 35.6. The van der Waals surface area contributed by atoms with Gasteiger partial charge >= 0.3 is 5.97 Å². The van der Waals surface area contributed by atoms with Gasteiger partial charge in [-0.15, -0.1) is 0 Å². The molecule has 5 heteroatoms. The number of carboxylic acid groups (broad SMARTS) is 1. The molecule has 1 heterocycles. The van der Waals surface area contributed by atoms with E-state index in [9.17, 15) is 19.5 Å². The molecule has 2 saturated carbocycles. The maximum Gasteiger partial charge on any atom is 0.330 e. The van der Waals surface area contributed by atoms with Gasteiger partial charge in [-0.3, -0.25) is 14.5 Å². The van der Waals surface area contributed by atoms with Gasteiger partial charge in [0.15, 0.2) is 0 Å². The minimum atomic E-state index is -1.25. The summed E-state index contributed by atoms with van der Waals surface area (Å²) in [5.74, 6) is -1.54. The Morgan fingerprint density at radius 2 is 1.70 bits per heavy atom. The maximum atomic E-state index is 12.6. The highest BCUT2D eigenvalue weighted by Gasteiger charge is 2.61. The van der Waals surface area contributed by atoms with E-state index < -0.39 is 11.5 Å². The van der Waals surface area contributed by atoms with Crippen LogP contribution in [0.5, 0.6) is 0 Å². The Morgan fingerprint density at radius 3 is 2.10 bits per heavy atom. The Morgan fingerprint density at radius 1 is 1.20 bits per heavy atom. The molecule has 3 fully saturated rings. The van der Waals surface area contributed by atoms with Crippen molar-refractivity contribution < 1.29 is 19.5 Å². The van der Waals surface area contributed by atoms with E-state index in [1.807, 2.05) is 0 Å². The molecule has 0 spiro atoms. The molecule has 2 unspecified atom stereocenters. The molecule has 0 radical (unpaired) electrons. The number of carbonyl (C=O) groups excluding carboxylic acids is 2. The molecule has 1 N–H and O–H groups in total. The van der Waals surface area contributed by atoms with Crippen molar-refractivity contribution in [2.45, 2.75) is 57.4 Å². The number of aliphatic carboxylic acids is 1. The van der Waals surface area contributed by atoms with E-state index in [0.717, 1.165) is 37.0 Å². The van der Waals surface area contributed by atoms with Crippen LogP contribution in [-0.2, 0) is 14.4 Å². The molecule has 110 valence electrons. The lowest BCUT2D eigenvalue weighted by Gasteiger charge is -2.34. The number of nitrogens with zero attached hydrogens (tertiary/aromatic N) is 1. The van der Waals surface area contributed by atoms with Crippen molar-refractivity contribution in [2.24, 2.45) is 17.8 Å². The van der Waals surface area contributed by atoms with Crippen molar-refractivity contribution in [2.75, 3.05) is 0 Å². The first-order valence-electron chi connectivity index (χ1n) is 7.62. The maximum absolute atomic E-state index is 12.6. The second-order valence-corrected chi connectivity index (χ2v) is 6.51. The van der Waals surface area contributed by atoms with Gasteiger partial charge in [-0.2, -0.15) is 0 Å². The van der Waals surface area contributed by atoms with Crippen molar-refractivity contribution in [1.29, 1.82) is 0 Å². The summed E-state index contributed by atoms with van der Waals surface area (Å²) >= 11 is 0. The molecule has 0 bridgehead atoms. The molecule has 0 aromatic rings. The molecule has 2 aliphatic carbocycles. The number of amides is 2. The zero-order valence-corrected chi connectivity index (χ0v) is 11.8. The summed E-state index contributed by atoms with van der Waals surface area (Å²) in [6, 6.07) is 0. The van der Waals surface area contributed by atoms with E-state index in [1.165, 1.54) is 0 Å². The highest BCUT2D eigenvalue weighted by atomic mass is 16.4. The Balaban J connectivity index is 1.91. The zero-order chi connectivity index (χ0) is 14.5. The molecule has 1 saturated heterocycles. The van der Waals surface area contributed by atoms with Crippen LogP contribution in [0.15, 0.2) is 0 Å². The number of likely N-dealkylation sites (tertiary alicyclic amines) is 1. The van der Waals surface area contributed by atoms with Crippen LogP contribution in [-0.4, -0.2) is 33.3 Å². The smallest absolute Gasteiger partial charge is 0.330 e. The molecular formula is C15H21NO4. The lowest BCUT2D eigenvalue weighted by molar-refractivity contribution is -0.163. The van der Waals surface area contributed by atoms with Gasteiger partial charge in [0, 0.05) is 0 Å². The Labute approximate surface area is 118 Å². The molecule has 2 amide bonds. The minimum Gasteiger partial charge on any atom is -0.479 e. The summed E-state index contributed by atoms with van der Waals surface area (Å²) in [5, 5.41) is 9.58. The van der Waals surface area contributed by atoms with Gasteiger partial charge in [0.05, 0.1) is 11.8 Å². The van der Waals surface area contributed by atoms with Gasteiger partial charge in [-0.05, 0) is 31.6 Å². The summed E-state index contributed by atoms with van der Waals surface area (Å²) in [4.78, 5) is 38.0. The van der Waals surface area contributed by atoms with Crippen molar-refractivity contribution in [3.8, 4) is 0 Å². The van der Waals surface area contributed by atoms with Crippen LogP contribution >= 0.6 is 0 Å². The molecular weight excluding hydrogens is 258 g/mol. The molecule has 0 aromatic heterocycles. The molecule has 1 aliphatic heterocycles. The van der Waals surface area contributed by atoms with Gasteiger partial charge in [0.2, 0.25) is 11.8 Å². The number of fused-ring (bicyclic) bond motifs is 1. The third-order valence-electron chi connectivity index (χ3n) is 5.57. The van der Waals surface area contributed by atoms with E-state index in [2.05, 4.69) is 6.92 Å². The zero-order valence-electron chi connectivity index (χ0n) is 11.8. The Hall–Kier alpha value is -1.39. The predicted molar refractivity (Wildman–Crippen MR) is 70.7 cm³/mol. The number of hydrogen-bond acceptors (Lipinski definition) is 3. The molecule has 3 aliphatic rings. The Kier molecular flexibility index (Phi) is 3.10. The van der Waals surface area contributed by atoms with Crippen molar-refractivity contribution in [3.63, 3.8) is 0 Å². The van der Waals surface area contributed by atoms with E-state index in [0.29, 0.717) is 18.8 Å². The minimum absolute atomic E-state index is 0.222. The average molecular weight is 279 g/mol. The van der Waals surface area contributed by atoms with Gasteiger partial charge in [-0.1, -0.05) is 26.2 Å². The highest BCUT2D eigenvalue weighted by Crippen LogP contribution is 2.49. The van der Waals surface area contributed by atoms with Crippen LogP contribution in [0.1, 0.15) is 51.9 Å². The van der Waals surface area contributed by atoms with E-state index >= 15 is 0 Å². The summed E-state index contributed by atoms with van der Waals surface area (Å²) < 4.78 is 0. The highest BCUT2D eigenvalue weighted by molar-refractivity contribution is 6.09. The third kappa shape index (κ3) is 1.64. The van der Waals surface area contributed by atoms with Crippen LogP contribution in [0.2, 0.25) is 0 Å². The fraction of sp³-hybridized carbons (Fsp3) is 0.800. The van der Waals surface area contributed by atoms with Crippen molar-refractivity contribution in [3.05, 3.63) is 0 Å². The van der Waals surface area contributed by atoms with E-state index in [-0.39, 0.29) is 23.7 Å². The first kappa shape index (κ1) is 13.6. The monoisotopic (exact) mass is 279 g/mol. The fourth-order valence-corrected chi connectivity index (χ4v) is 4.38. The van der Waals surface area contributed by atoms with Gasteiger partial charge < -0.3 is 5.11 Å². The van der Waals surface area contributed by atoms with E-state index in [1.54, 1.807) is 0 Å². The second-order valence-electron chi connectivity index (χ2n) is 6.51. The summed E-state index contributed by atoms with van der Waals surface area (Å²) in [6.45, 7) is 2.08. The topological polar surface area (TPSA) is 74.7 Å². The molecule has 2 atom stereocenters. The standard InChI is InChI=1S/C15H21NO4/c1-2-9-7-10-11(8-9)13(18)16(12(10)17)15(14(19)20)5-3-4-6-15/h9-11H,2-8H2,1H3,(H,19,20). The Bertz CT molecular complexity index is 442. The van der Waals surface area contributed by atoms with E-state index in [4.69, 9.17) is 0 Å². The molecule has 0 aromatic carbocycles. The summed E-state index contributed by atoms with van der Waals surface area (Å²) in [5.41, 5.74) is -1.25. The van der Waals surface area contributed by atoms with Crippen LogP contribution in [0.3, 0.4) is 0 Å².